The second-order valence-corrected chi connectivity index (χ2v) is 4.01. The summed E-state index contributed by atoms with van der Waals surface area (Å²) in [4.78, 5) is 10.8. The van der Waals surface area contributed by atoms with Crippen molar-refractivity contribution in [2.75, 3.05) is 0 Å². The van der Waals surface area contributed by atoms with Gasteiger partial charge in [-0.25, -0.2) is 0 Å². The van der Waals surface area contributed by atoms with E-state index in [1.807, 2.05) is 6.07 Å². The van der Waals surface area contributed by atoms with Crippen LogP contribution in [0.4, 0.5) is 0 Å². The van der Waals surface area contributed by atoms with Crippen LogP contribution in [0, 0.1) is 0 Å². The predicted molar refractivity (Wildman–Crippen MR) is 58.1 cm³/mol. The zero-order valence-corrected chi connectivity index (χ0v) is 9.48. The van der Waals surface area contributed by atoms with Crippen molar-refractivity contribution in [2.45, 2.75) is 6.92 Å². The van der Waals surface area contributed by atoms with E-state index >= 15 is 0 Å². The van der Waals surface area contributed by atoms with Crippen LogP contribution in [0.3, 0.4) is 0 Å². The van der Waals surface area contributed by atoms with E-state index in [1.165, 1.54) is 6.92 Å². The highest BCUT2D eigenvalue weighted by molar-refractivity contribution is 9.10. The summed E-state index contributed by atoms with van der Waals surface area (Å²) in [6.45, 7) is 1.29. The fourth-order valence-corrected chi connectivity index (χ4v) is 1.75. The lowest BCUT2D eigenvalue weighted by molar-refractivity contribution is -0.132. The van der Waals surface area contributed by atoms with Gasteiger partial charge < -0.3 is 9.94 Å². The Kier molecular flexibility index (Phi) is 2.40. The minimum Gasteiger partial charge on any atom is -0.425 e. The van der Waals surface area contributed by atoms with Crippen molar-refractivity contribution in [3.63, 3.8) is 0 Å². The molecule has 1 N–H and O–H groups in total. The summed E-state index contributed by atoms with van der Waals surface area (Å²) in [5.41, 5.74) is 0.592. The number of rotatable bonds is 1. The Morgan fingerprint density at radius 2 is 2.20 bits per heavy atom. The van der Waals surface area contributed by atoms with E-state index in [2.05, 4.69) is 15.9 Å². The zero-order valence-electron chi connectivity index (χ0n) is 7.90. The molecular weight excluding hydrogens is 262 g/mol. The Labute approximate surface area is 94.2 Å². The molecule has 0 amide bonds. The summed E-state index contributed by atoms with van der Waals surface area (Å²) in [6.07, 6.45) is 0. The minimum absolute atomic E-state index is 0.121. The highest BCUT2D eigenvalue weighted by atomic mass is 79.9. The number of esters is 1. The van der Waals surface area contributed by atoms with Crippen molar-refractivity contribution in [3.8, 4) is 5.88 Å². The maximum atomic E-state index is 10.8. The fraction of sp³-hybridized carbons (Fsp3) is 0.100. The zero-order chi connectivity index (χ0) is 11.0. The molecule has 0 spiro atoms. The van der Waals surface area contributed by atoms with E-state index in [-0.39, 0.29) is 5.88 Å². The number of aromatic nitrogens is 1. The molecule has 1 aromatic carbocycles. The number of benzene rings is 1. The number of fused-ring (bicyclic) bond motifs is 1. The van der Waals surface area contributed by atoms with Crippen molar-refractivity contribution < 1.29 is 14.7 Å². The van der Waals surface area contributed by atoms with Crippen LogP contribution in [0.1, 0.15) is 6.92 Å². The van der Waals surface area contributed by atoms with Gasteiger partial charge in [-0.05, 0) is 18.2 Å². The second-order valence-electron chi connectivity index (χ2n) is 3.09. The molecule has 5 heteroatoms. The summed E-state index contributed by atoms with van der Waals surface area (Å²) in [5, 5.41) is 10.4. The van der Waals surface area contributed by atoms with Crippen LogP contribution in [0.5, 0.6) is 5.88 Å². The third-order valence-electron chi connectivity index (χ3n) is 1.95. The highest BCUT2D eigenvalue weighted by Gasteiger charge is 2.10. The lowest BCUT2D eigenvalue weighted by atomic mass is 10.2. The molecule has 0 saturated carbocycles. The quantitative estimate of drug-likeness (QED) is 0.640. The molecule has 1 aromatic heterocycles. The molecule has 0 aliphatic heterocycles. The summed E-state index contributed by atoms with van der Waals surface area (Å²) >= 11 is 3.32. The van der Waals surface area contributed by atoms with Gasteiger partial charge in [0.25, 0.3) is 0 Å². The van der Waals surface area contributed by atoms with Gasteiger partial charge in [0.2, 0.25) is 5.88 Å². The summed E-state index contributed by atoms with van der Waals surface area (Å²) in [6, 6.07) is 6.95. The van der Waals surface area contributed by atoms with Crippen molar-refractivity contribution in [2.24, 2.45) is 0 Å². The molecule has 1 heterocycles. The molecule has 0 fully saturated rings. The van der Waals surface area contributed by atoms with Gasteiger partial charge >= 0.3 is 5.97 Å². The molecule has 0 unspecified atom stereocenters. The van der Waals surface area contributed by atoms with Crippen molar-refractivity contribution in [1.82, 2.24) is 4.73 Å². The van der Waals surface area contributed by atoms with Gasteiger partial charge in [0, 0.05) is 22.8 Å². The average molecular weight is 270 g/mol. The Morgan fingerprint density at radius 3 is 2.87 bits per heavy atom. The number of halogens is 1. The average Bonchev–Trinajstić information content (AvgIpc) is 2.42. The minimum atomic E-state index is -0.466. The Bertz CT molecular complexity index is 533. The van der Waals surface area contributed by atoms with E-state index in [9.17, 15) is 10.0 Å². The van der Waals surface area contributed by atoms with Gasteiger partial charge in [0.15, 0.2) is 0 Å². The fourth-order valence-electron chi connectivity index (χ4n) is 1.37. The maximum Gasteiger partial charge on any atom is 0.309 e. The smallest absolute Gasteiger partial charge is 0.309 e. The summed E-state index contributed by atoms with van der Waals surface area (Å²) in [5.74, 6) is -0.345. The molecule has 15 heavy (non-hydrogen) atoms. The topological polar surface area (TPSA) is 51.5 Å². The normalized spacial score (nSPS) is 10.5. The SMILES string of the molecule is CC(=O)Oc1cc2cc(Br)ccc2n1O. The van der Waals surface area contributed by atoms with Crippen LogP contribution in [0.15, 0.2) is 28.7 Å². The van der Waals surface area contributed by atoms with Crippen LogP contribution in [0.25, 0.3) is 10.9 Å². The van der Waals surface area contributed by atoms with Gasteiger partial charge in [0.1, 0.15) is 0 Å². The maximum absolute atomic E-state index is 10.8. The largest absolute Gasteiger partial charge is 0.425 e. The summed E-state index contributed by atoms with van der Waals surface area (Å²) < 4.78 is 6.58. The monoisotopic (exact) mass is 269 g/mol. The van der Waals surface area contributed by atoms with Crippen LogP contribution < -0.4 is 4.74 Å². The first-order chi connectivity index (χ1) is 7.08. The molecule has 0 bridgehead atoms. The number of carbonyl (C=O) groups excluding carboxylic acids is 1. The summed E-state index contributed by atoms with van der Waals surface area (Å²) in [7, 11) is 0. The van der Waals surface area contributed by atoms with Crippen molar-refractivity contribution >= 4 is 32.8 Å². The van der Waals surface area contributed by atoms with Crippen molar-refractivity contribution in [1.29, 1.82) is 0 Å². The number of hydrogen-bond donors (Lipinski definition) is 1. The van der Waals surface area contributed by atoms with Gasteiger partial charge in [0.05, 0.1) is 5.52 Å². The number of nitrogens with zero attached hydrogens (tertiary/aromatic N) is 1. The van der Waals surface area contributed by atoms with Gasteiger partial charge in [-0.2, -0.15) is 4.73 Å². The molecule has 4 nitrogen and oxygen atoms in total. The molecule has 0 saturated heterocycles. The predicted octanol–water partition coefficient (Wildman–Crippen LogP) is 2.57. The molecule has 0 radical (unpaired) electrons. The third kappa shape index (κ3) is 1.83. The van der Waals surface area contributed by atoms with E-state index in [4.69, 9.17) is 4.74 Å². The van der Waals surface area contributed by atoms with Gasteiger partial charge in [-0.1, -0.05) is 15.9 Å². The van der Waals surface area contributed by atoms with E-state index in [0.717, 1.165) is 14.6 Å². The molecule has 78 valence electrons. The molecule has 0 atom stereocenters. The third-order valence-corrected chi connectivity index (χ3v) is 2.45. The van der Waals surface area contributed by atoms with E-state index in [0.29, 0.717) is 5.52 Å². The number of hydrogen-bond acceptors (Lipinski definition) is 3. The lowest BCUT2D eigenvalue weighted by Gasteiger charge is -2.00. The van der Waals surface area contributed by atoms with Crippen molar-refractivity contribution in [3.05, 3.63) is 28.7 Å². The van der Waals surface area contributed by atoms with Gasteiger partial charge in [-0.3, -0.25) is 4.79 Å². The van der Waals surface area contributed by atoms with Crippen LogP contribution in [0.2, 0.25) is 0 Å². The first-order valence-corrected chi connectivity index (χ1v) is 5.06. The Hall–Kier alpha value is -1.49. The number of carbonyl (C=O) groups is 1. The highest BCUT2D eigenvalue weighted by Crippen LogP contribution is 2.26. The van der Waals surface area contributed by atoms with Crippen LogP contribution >= 0.6 is 15.9 Å². The molecule has 0 aliphatic rings. The molecule has 0 aliphatic carbocycles. The van der Waals surface area contributed by atoms with E-state index < -0.39 is 5.97 Å². The first-order valence-electron chi connectivity index (χ1n) is 4.26. The Morgan fingerprint density at radius 1 is 1.47 bits per heavy atom. The first kappa shape index (κ1) is 10.0. The molecule has 2 rings (SSSR count). The van der Waals surface area contributed by atoms with Crippen LogP contribution in [-0.4, -0.2) is 15.9 Å². The second kappa shape index (κ2) is 3.58. The lowest BCUT2D eigenvalue weighted by Crippen LogP contribution is -2.05. The molecular formula is C10H8BrNO3. The standard InChI is InChI=1S/C10H8BrNO3/c1-6(13)15-10-5-7-4-8(11)2-3-9(7)12(10)14/h2-5,14H,1H3. The van der Waals surface area contributed by atoms with Gasteiger partial charge in [-0.15, -0.1) is 0 Å². The van der Waals surface area contributed by atoms with Crippen LogP contribution in [-0.2, 0) is 4.79 Å². The molecule has 2 aromatic rings. The Balaban J connectivity index is 2.58. The number of ether oxygens (including phenoxy) is 1. The van der Waals surface area contributed by atoms with E-state index in [1.54, 1.807) is 18.2 Å².